The molecular formula is C16H18ClN3O. The summed E-state index contributed by atoms with van der Waals surface area (Å²) in [6.45, 7) is 6.42. The first kappa shape index (κ1) is 15.4. The molecule has 0 saturated heterocycles. The molecule has 0 unspecified atom stereocenters. The van der Waals surface area contributed by atoms with Gasteiger partial charge in [0.25, 0.3) is 5.91 Å². The molecule has 1 aromatic carbocycles. The molecule has 21 heavy (non-hydrogen) atoms. The molecule has 0 atom stereocenters. The van der Waals surface area contributed by atoms with E-state index in [1.54, 1.807) is 4.90 Å². The molecule has 0 radical (unpaired) electrons. The lowest BCUT2D eigenvalue weighted by atomic mass is 10.2. The molecule has 0 fully saturated rings. The van der Waals surface area contributed by atoms with E-state index < -0.39 is 0 Å². The number of benzene rings is 1. The molecule has 1 aromatic heterocycles. The summed E-state index contributed by atoms with van der Waals surface area (Å²) in [4.78, 5) is 22.9. The van der Waals surface area contributed by atoms with Crippen molar-refractivity contribution in [1.82, 2.24) is 9.97 Å². The molecule has 0 saturated carbocycles. The van der Waals surface area contributed by atoms with Gasteiger partial charge in [0.2, 0.25) is 0 Å². The van der Waals surface area contributed by atoms with E-state index in [9.17, 15) is 4.79 Å². The molecule has 2 aromatic rings. The first-order valence-electron chi connectivity index (χ1n) is 6.94. The fourth-order valence-corrected chi connectivity index (χ4v) is 2.16. The van der Waals surface area contributed by atoms with Crippen molar-refractivity contribution in [2.24, 2.45) is 0 Å². The molecule has 2 rings (SSSR count). The lowest BCUT2D eigenvalue weighted by Gasteiger charge is -2.21. The van der Waals surface area contributed by atoms with E-state index in [2.05, 4.69) is 9.97 Å². The van der Waals surface area contributed by atoms with Crippen LogP contribution >= 0.6 is 11.6 Å². The second-order valence-electron chi connectivity index (χ2n) is 4.96. The van der Waals surface area contributed by atoms with Gasteiger partial charge in [-0.1, -0.05) is 43.6 Å². The molecule has 1 heterocycles. The average Bonchev–Trinajstić information content (AvgIpc) is 2.49. The van der Waals surface area contributed by atoms with Crippen LogP contribution in [0.15, 0.2) is 36.5 Å². The van der Waals surface area contributed by atoms with Gasteiger partial charge in [0, 0.05) is 18.2 Å². The highest BCUT2D eigenvalue weighted by atomic mass is 35.5. The Morgan fingerprint density at radius 1 is 1.29 bits per heavy atom. The van der Waals surface area contributed by atoms with Gasteiger partial charge in [0.15, 0.2) is 5.69 Å². The van der Waals surface area contributed by atoms with Crippen molar-refractivity contribution in [1.29, 1.82) is 0 Å². The number of hydrogen-bond donors (Lipinski definition) is 0. The van der Waals surface area contributed by atoms with Crippen LogP contribution in [0.2, 0.25) is 5.02 Å². The molecule has 4 nitrogen and oxygen atoms in total. The van der Waals surface area contributed by atoms with Crippen LogP contribution in [0.25, 0.3) is 0 Å². The Bertz CT molecular complexity index is 629. The molecule has 5 heteroatoms. The molecule has 1 amide bonds. The molecule has 0 N–H and O–H groups in total. The maximum atomic E-state index is 12.7. The van der Waals surface area contributed by atoms with E-state index in [4.69, 9.17) is 11.6 Å². The number of carbonyl (C=O) groups excluding carboxylic acids is 1. The van der Waals surface area contributed by atoms with Crippen LogP contribution in [0.4, 0.5) is 5.69 Å². The van der Waals surface area contributed by atoms with Crippen LogP contribution in [0, 0.1) is 0 Å². The summed E-state index contributed by atoms with van der Waals surface area (Å²) in [6, 6.07) is 9.48. The number of carbonyl (C=O) groups is 1. The van der Waals surface area contributed by atoms with Crippen LogP contribution in [0.3, 0.4) is 0 Å². The maximum Gasteiger partial charge on any atom is 0.278 e. The lowest BCUT2D eigenvalue weighted by Crippen LogP contribution is -2.32. The normalized spacial score (nSPS) is 10.7. The second kappa shape index (κ2) is 6.68. The van der Waals surface area contributed by atoms with Gasteiger partial charge < -0.3 is 4.90 Å². The van der Waals surface area contributed by atoms with Gasteiger partial charge in [-0.05, 0) is 19.1 Å². The summed E-state index contributed by atoms with van der Waals surface area (Å²) in [5, 5.41) is 0.277. The fourth-order valence-electron chi connectivity index (χ4n) is 1.99. The molecule has 0 spiro atoms. The van der Waals surface area contributed by atoms with Crippen molar-refractivity contribution < 1.29 is 4.79 Å². The third kappa shape index (κ3) is 3.39. The Labute approximate surface area is 129 Å². The highest BCUT2D eigenvalue weighted by Gasteiger charge is 2.21. The predicted molar refractivity (Wildman–Crippen MR) is 84.9 cm³/mol. The van der Waals surface area contributed by atoms with E-state index in [-0.39, 0.29) is 22.5 Å². The number of amides is 1. The zero-order valence-corrected chi connectivity index (χ0v) is 13.1. The maximum absolute atomic E-state index is 12.7. The summed E-state index contributed by atoms with van der Waals surface area (Å²) in [5.74, 6) is 0.547. The Kier molecular flexibility index (Phi) is 4.91. The van der Waals surface area contributed by atoms with Crippen LogP contribution < -0.4 is 4.90 Å². The first-order chi connectivity index (χ1) is 10.0. The summed E-state index contributed by atoms with van der Waals surface area (Å²) in [6.07, 6.45) is 1.50. The summed E-state index contributed by atoms with van der Waals surface area (Å²) >= 11 is 6.11. The smallest absolute Gasteiger partial charge is 0.278 e. The van der Waals surface area contributed by atoms with E-state index in [1.165, 1.54) is 6.20 Å². The van der Waals surface area contributed by atoms with Gasteiger partial charge in [-0.25, -0.2) is 9.97 Å². The zero-order chi connectivity index (χ0) is 15.4. The molecular weight excluding hydrogens is 286 g/mol. The predicted octanol–water partition coefficient (Wildman–Crippen LogP) is 3.92. The van der Waals surface area contributed by atoms with Crippen LogP contribution in [0.1, 0.15) is 43.0 Å². The minimum absolute atomic E-state index is 0.139. The Balaban J connectivity index is 2.40. The molecule has 0 bridgehead atoms. The van der Waals surface area contributed by atoms with Crippen molar-refractivity contribution in [3.63, 3.8) is 0 Å². The van der Waals surface area contributed by atoms with Crippen LogP contribution in [-0.2, 0) is 0 Å². The van der Waals surface area contributed by atoms with E-state index in [1.807, 2.05) is 51.1 Å². The van der Waals surface area contributed by atoms with Crippen LogP contribution in [-0.4, -0.2) is 22.4 Å². The first-order valence-corrected chi connectivity index (χ1v) is 7.31. The van der Waals surface area contributed by atoms with Gasteiger partial charge in [0.1, 0.15) is 5.82 Å². The quantitative estimate of drug-likeness (QED) is 0.860. The Morgan fingerprint density at radius 2 is 1.95 bits per heavy atom. The second-order valence-corrected chi connectivity index (χ2v) is 5.37. The number of hydrogen-bond acceptors (Lipinski definition) is 3. The molecule has 0 aliphatic carbocycles. The number of halogens is 1. The standard InChI is InChI=1S/C16H18ClN3O/c1-4-20(12-8-6-5-7-9-12)16(21)14-13(17)10-18-15(19-14)11(2)3/h5-11H,4H2,1-3H3. The summed E-state index contributed by atoms with van der Waals surface area (Å²) < 4.78 is 0. The van der Waals surface area contributed by atoms with Gasteiger partial charge in [0.05, 0.1) is 11.2 Å². The highest BCUT2D eigenvalue weighted by Crippen LogP contribution is 2.21. The number of rotatable bonds is 4. The van der Waals surface area contributed by atoms with Gasteiger partial charge in [-0.15, -0.1) is 0 Å². The van der Waals surface area contributed by atoms with Crippen molar-refractivity contribution in [2.75, 3.05) is 11.4 Å². The minimum atomic E-state index is -0.210. The van der Waals surface area contributed by atoms with E-state index in [0.29, 0.717) is 12.4 Å². The largest absolute Gasteiger partial charge is 0.307 e. The summed E-state index contributed by atoms with van der Waals surface area (Å²) in [5.41, 5.74) is 1.08. The third-order valence-electron chi connectivity index (χ3n) is 3.11. The fraction of sp³-hybridized carbons (Fsp3) is 0.312. The molecule has 0 aliphatic heterocycles. The van der Waals surface area contributed by atoms with E-state index >= 15 is 0 Å². The Morgan fingerprint density at radius 3 is 2.52 bits per heavy atom. The topological polar surface area (TPSA) is 46.1 Å². The van der Waals surface area contributed by atoms with Crippen LogP contribution in [0.5, 0.6) is 0 Å². The zero-order valence-electron chi connectivity index (χ0n) is 12.4. The summed E-state index contributed by atoms with van der Waals surface area (Å²) in [7, 11) is 0. The molecule has 0 aliphatic rings. The SMILES string of the molecule is CCN(C(=O)c1nc(C(C)C)ncc1Cl)c1ccccc1. The van der Waals surface area contributed by atoms with Crippen molar-refractivity contribution in [3.8, 4) is 0 Å². The monoisotopic (exact) mass is 303 g/mol. The highest BCUT2D eigenvalue weighted by molar-refractivity contribution is 6.34. The average molecular weight is 304 g/mol. The third-order valence-corrected chi connectivity index (χ3v) is 3.39. The van der Waals surface area contributed by atoms with Crippen molar-refractivity contribution in [3.05, 3.63) is 53.1 Å². The number of anilines is 1. The van der Waals surface area contributed by atoms with Gasteiger partial charge in [-0.2, -0.15) is 0 Å². The van der Waals surface area contributed by atoms with Gasteiger partial charge >= 0.3 is 0 Å². The van der Waals surface area contributed by atoms with E-state index in [0.717, 1.165) is 5.69 Å². The van der Waals surface area contributed by atoms with Crippen molar-refractivity contribution in [2.45, 2.75) is 26.7 Å². The number of aromatic nitrogens is 2. The van der Waals surface area contributed by atoms with Gasteiger partial charge in [-0.3, -0.25) is 4.79 Å². The Hall–Kier alpha value is -1.94. The lowest BCUT2D eigenvalue weighted by molar-refractivity contribution is 0.0983. The number of para-hydroxylation sites is 1. The number of nitrogens with zero attached hydrogens (tertiary/aromatic N) is 3. The minimum Gasteiger partial charge on any atom is -0.307 e. The molecule has 110 valence electrons. The van der Waals surface area contributed by atoms with Crippen molar-refractivity contribution >= 4 is 23.2 Å².